The first-order valence-corrected chi connectivity index (χ1v) is 7.93. The van der Waals surface area contributed by atoms with Crippen molar-refractivity contribution in [2.45, 2.75) is 13.8 Å². The Morgan fingerprint density at radius 1 is 1.24 bits per heavy atom. The van der Waals surface area contributed by atoms with Crippen molar-refractivity contribution in [1.82, 2.24) is 9.78 Å². The van der Waals surface area contributed by atoms with Gasteiger partial charge in [-0.05, 0) is 55.8 Å². The molecule has 0 saturated heterocycles. The van der Waals surface area contributed by atoms with E-state index in [1.54, 1.807) is 30.5 Å². The number of aryl methyl sites for hydroxylation is 1. The molecule has 0 spiro atoms. The van der Waals surface area contributed by atoms with Crippen molar-refractivity contribution in [3.63, 3.8) is 0 Å². The number of aromatic nitrogens is 2. The second-order valence-electron chi connectivity index (χ2n) is 5.51. The average Bonchev–Trinajstić information content (AvgIpc) is 3.08. The van der Waals surface area contributed by atoms with Crippen LogP contribution in [0.4, 0.5) is 10.1 Å². The third kappa shape index (κ3) is 3.85. The molecular formula is C19H18FN3O2. The van der Waals surface area contributed by atoms with Crippen LogP contribution >= 0.6 is 0 Å². The molecule has 0 aliphatic carbocycles. The number of carbonyl (C=O) groups excluding carboxylic acids is 1. The highest BCUT2D eigenvalue weighted by molar-refractivity contribution is 6.03. The van der Waals surface area contributed by atoms with Gasteiger partial charge in [0.1, 0.15) is 11.6 Å². The Balaban J connectivity index is 1.81. The average molecular weight is 339 g/mol. The van der Waals surface area contributed by atoms with Crippen molar-refractivity contribution in [2.24, 2.45) is 0 Å². The first-order valence-electron chi connectivity index (χ1n) is 7.93. The highest BCUT2D eigenvalue weighted by atomic mass is 19.1. The van der Waals surface area contributed by atoms with Crippen LogP contribution in [-0.2, 0) is 0 Å². The summed E-state index contributed by atoms with van der Waals surface area (Å²) in [5.41, 5.74) is 2.39. The second-order valence-corrected chi connectivity index (χ2v) is 5.51. The summed E-state index contributed by atoms with van der Waals surface area (Å²) in [5, 5.41) is 7.01. The molecule has 1 amide bonds. The lowest BCUT2D eigenvalue weighted by molar-refractivity contribution is 0.102. The molecule has 3 aromatic rings. The van der Waals surface area contributed by atoms with E-state index in [0.717, 1.165) is 5.56 Å². The number of nitrogens with one attached hydrogen (secondary N) is 1. The van der Waals surface area contributed by atoms with E-state index >= 15 is 0 Å². The van der Waals surface area contributed by atoms with Gasteiger partial charge in [-0.15, -0.1) is 0 Å². The summed E-state index contributed by atoms with van der Waals surface area (Å²) in [7, 11) is 0. The monoisotopic (exact) mass is 339 g/mol. The van der Waals surface area contributed by atoms with Gasteiger partial charge in [-0.3, -0.25) is 4.79 Å². The van der Waals surface area contributed by atoms with Crippen LogP contribution in [0.5, 0.6) is 5.75 Å². The van der Waals surface area contributed by atoms with Crippen molar-refractivity contribution in [2.75, 3.05) is 11.9 Å². The Bertz CT molecular complexity index is 905. The Kier molecular flexibility index (Phi) is 4.79. The maximum absolute atomic E-state index is 13.3. The molecule has 0 aliphatic rings. The number of halogens is 1. The normalized spacial score (nSPS) is 10.5. The number of carbonyl (C=O) groups is 1. The zero-order valence-corrected chi connectivity index (χ0v) is 14.0. The van der Waals surface area contributed by atoms with Gasteiger partial charge in [0.25, 0.3) is 5.91 Å². The van der Waals surface area contributed by atoms with Crippen LogP contribution in [0, 0.1) is 12.7 Å². The molecule has 0 unspecified atom stereocenters. The number of nitrogens with zero attached hydrogens (tertiary/aromatic N) is 2. The molecule has 3 rings (SSSR count). The van der Waals surface area contributed by atoms with Gasteiger partial charge < -0.3 is 10.1 Å². The smallest absolute Gasteiger partial charge is 0.276 e. The molecule has 128 valence electrons. The fourth-order valence-electron chi connectivity index (χ4n) is 2.40. The van der Waals surface area contributed by atoms with E-state index < -0.39 is 0 Å². The molecule has 0 atom stereocenters. The predicted molar refractivity (Wildman–Crippen MR) is 93.8 cm³/mol. The predicted octanol–water partition coefficient (Wildman–Crippen LogP) is 3.97. The van der Waals surface area contributed by atoms with Gasteiger partial charge in [0, 0.05) is 6.20 Å². The van der Waals surface area contributed by atoms with Crippen molar-refractivity contribution in [1.29, 1.82) is 0 Å². The Labute approximate surface area is 145 Å². The quantitative estimate of drug-likeness (QED) is 0.765. The van der Waals surface area contributed by atoms with Gasteiger partial charge in [-0.1, -0.05) is 12.1 Å². The maximum atomic E-state index is 13.3. The van der Waals surface area contributed by atoms with Gasteiger partial charge in [0.05, 0.1) is 18.0 Å². The van der Waals surface area contributed by atoms with Crippen molar-refractivity contribution in [3.8, 4) is 11.4 Å². The van der Waals surface area contributed by atoms with E-state index in [9.17, 15) is 9.18 Å². The van der Waals surface area contributed by atoms with Gasteiger partial charge in [-0.25, -0.2) is 9.07 Å². The molecule has 0 saturated carbocycles. The molecule has 1 heterocycles. The van der Waals surface area contributed by atoms with Crippen LogP contribution in [0.25, 0.3) is 5.69 Å². The standard InChI is InChI=1S/C19H18FN3O2/c1-3-25-18-11-13(2)7-8-16(18)21-19(24)17-9-10-23(22-17)15-6-4-5-14(20)12-15/h4-12H,3H2,1-2H3,(H,21,24). The maximum Gasteiger partial charge on any atom is 0.276 e. The van der Waals surface area contributed by atoms with Crippen LogP contribution in [0.1, 0.15) is 23.0 Å². The zero-order valence-electron chi connectivity index (χ0n) is 14.0. The first-order chi connectivity index (χ1) is 12.1. The molecular weight excluding hydrogens is 321 g/mol. The molecule has 5 nitrogen and oxygen atoms in total. The minimum absolute atomic E-state index is 0.229. The summed E-state index contributed by atoms with van der Waals surface area (Å²) in [4.78, 5) is 12.5. The van der Waals surface area contributed by atoms with Crippen molar-refractivity contribution < 1.29 is 13.9 Å². The Morgan fingerprint density at radius 2 is 2.08 bits per heavy atom. The Morgan fingerprint density at radius 3 is 2.84 bits per heavy atom. The Hall–Kier alpha value is -3.15. The van der Waals surface area contributed by atoms with Crippen LogP contribution < -0.4 is 10.1 Å². The van der Waals surface area contributed by atoms with E-state index in [0.29, 0.717) is 23.7 Å². The fraction of sp³-hybridized carbons (Fsp3) is 0.158. The minimum Gasteiger partial charge on any atom is -0.492 e. The molecule has 2 aromatic carbocycles. The molecule has 25 heavy (non-hydrogen) atoms. The van der Waals surface area contributed by atoms with Gasteiger partial charge >= 0.3 is 0 Å². The summed E-state index contributed by atoms with van der Waals surface area (Å²) in [6.45, 7) is 4.34. The summed E-state index contributed by atoms with van der Waals surface area (Å²) in [5.74, 6) is -0.111. The van der Waals surface area contributed by atoms with E-state index in [4.69, 9.17) is 4.74 Å². The third-order valence-corrected chi connectivity index (χ3v) is 3.58. The van der Waals surface area contributed by atoms with Gasteiger partial charge in [0.15, 0.2) is 5.69 Å². The number of hydrogen-bond donors (Lipinski definition) is 1. The van der Waals surface area contributed by atoms with E-state index in [-0.39, 0.29) is 17.4 Å². The molecule has 0 bridgehead atoms. The lowest BCUT2D eigenvalue weighted by atomic mass is 10.2. The SMILES string of the molecule is CCOc1cc(C)ccc1NC(=O)c1ccn(-c2cccc(F)c2)n1. The zero-order chi connectivity index (χ0) is 17.8. The highest BCUT2D eigenvalue weighted by Gasteiger charge is 2.13. The minimum atomic E-state index is -0.361. The summed E-state index contributed by atoms with van der Waals surface area (Å²) < 4.78 is 20.3. The van der Waals surface area contributed by atoms with Crippen LogP contribution in [0.2, 0.25) is 0 Å². The molecule has 1 aromatic heterocycles. The van der Waals surface area contributed by atoms with Crippen LogP contribution in [0.15, 0.2) is 54.7 Å². The van der Waals surface area contributed by atoms with Gasteiger partial charge in [0.2, 0.25) is 0 Å². The fourth-order valence-corrected chi connectivity index (χ4v) is 2.40. The summed E-state index contributed by atoms with van der Waals surface area (Å²) in [6, 6.07) is 13.1. The first kappa shape index (κ1) is 16.7. The highest BCUT2D eigenvalue weighted by Crippen LogP contribution is 2.26. The molecule has 6 heteroatoms. The largest absolute Gasteiger partial charge is 0.492 e. The molecule has 0 radical (unpaired) electrons. The molecule has 0 fully saturated rings. The number of ether oxygens (including phenoxy) is 1. The number of anilines is 1. The lowest BCUT2D eigenvalue weighted by Crippen LogP contribution is -2.14. The van der Waals surface area contributed by atoms with E-state index in [2.05, 4.69) is 10.4 Å². The second kappa shape index (κ2) is 7.17. The van der Waals surface area contributed by atoms with Crippen molar-refractivity contribution in [3.05, 3.63) is 71.8 Å². The lowest BCUT2D eigenvalue weighted by Gasteiger charge is -2.11. The third-order valence-electron chi connectivity index (χ3n) is 3.58. The number of benzene rings is 2. The summed E-state index contributed by atoms with van der Waals surface area (Å²) in [6.07, 6.45) is 1.61. The van der Waals surface area contributed by atoms with Gasteiger partial charge in [-0.2, -0.15) is 5.10 Å². The van der Waals surface area contributed by atoms with E-state index in [1.807, 2.05) is 26.0 Å². The summed E-state index contributed by atoms with van der Waals surface area (Å²) >= 11 is 0. The van der Waals surface area contributed by atoms with Crippen LogP contribution in [-0.4, -0.2) is 22.3 Å². The van der Waals surface area contributed by atoms with Crippen LogP contribution in [0.3, 0.4) is 0 Å². The van der Waals surface area contributed by atoms with E-state index in [1.165, 1.54) is 16.8 Å². The number of rotatable bonds is 5. The molecule has 0 aliphatic heterocycles. The van der Waals surface area contributed by atoms with Crippen molar-refractivity contribution >= 4 is 11.6 Å². The number of hydrogen-bond acceptors (Lipinski definition) is 3. The molecule has 1 N–H and O–H groups in total. The number of amides is 1. The topological polar surface area (TPSA) is 56.1 Å².